The molecule has 1 heterocycles. The Kier molecular flexibility index (Phi) is 4.39. The van der Waals surface area contributed by atoms with E-state index in [9.17, 15) is 9.59 Å². The normalized spacial score (nSPS) is 13.6. The number of benzene rings is 2. The van der Waals surface area contributed by atoms with Crippen molar-refractivity contribution in [3.63, 3.8) is 0 Å². The summed E-state index contributed by atoms with van der Waals surface area (Å²) in [6.07, 6.45) is 2.11. The molecule has 2 aromatic carbocycles. The van der Waals surface area contributed by atoms with Crippen molar-refractivity contribution in [1.82, 2.24) is 9.55 Å². The molecule has 27 heavy (non-hydrogen) atoms. The quantitative estimate of drug-likeness (QED) is 0.755. The molecule has 1 aromatic heterocycles. The van der Waals surface area contributed by atoms with E-state index in [2.05, 4.69) is 5.32 Å². The van der Waals surface area contributed by atoms with Gasteiger partial charge in [-0.05, 0) is 48.7 Å². The fraction of sp³-hybridized carbons (Fsp3) is 0.286. The van der Waals surface area contributed by atoms with Gasteiger partial charge in [0, 0.05) is 18.5 Å². The molecule has 1 fully saturated rings. The molecule has 0 aliphatic heterocycles. The summed E-state index contributed by atoms with van der Waals surface area (Å²) in [5.74, 6) is 1.76. The number of aromatic nitrogens is 2. The minimum absolute atomic E-state index is 0.0862. The first-order valence-electron chi connectivity index (χ1n) is 9.00. The lowest BCUT2D eigenvalue weighted by Crippen LogP contribution is -2.26. The van der Waals surface area contributed by atoms with Crippen LogP contribution in [0.1, 0.15) is 37.1 Å². The maximum absolute atomic E-state index is 13.3. The van der Waals surface area contributed by atoms with E-state index in [1.807, 2.05) is 24.3 Å². The summed E-state index contributed by atoms with van der Waals surface area (Å²) < 4.78 is 7.05. The molecule has 1 saturated carbocycles. The molecule has 0 unspecified atom stereocenters. The third-order valence-corrected chi connectivity index (χ3v) is 4.72. The number of hydrogen-bond donors (Lipinski definition) is 1. The number of anilines is 1. The average Bonchev–Trinajstić information content (AvgIpc) is 3.49. The summed E-state index contributed by atoms with van der Waals surface area (Å²) in [4.78, 5) is 29.4. The van der Waals surface area contributed by atoms with E-state index < -0.39 is 0 Å². The van der Waals surface area contributed by atoms with Gasteiger partial charge in [-0.2, -0.15) is 0 Å². The number of amides is 1. The number of nitrogens with zero attached hydrogens (tertiary/aromatic N) is 2. The highest BCUT2D eigenvalue weighted by Gasteiger charge is 2.29. The van der Waals surface area contributed by atoms with Gasteiger partial charge in [0.05, 0.1) is 24.6 Å². The van der Waals surface area contributed by atoms with E-state index in [1.165, 1.54) is 6.92 Å². The maximum Gasteiger partial charge on any atom is 0.261 e. The third-order valence-electron chi connectivity index (χ3n) is 4.72. The second kappa shape index (κ2) is 6.87. The Morgan fingerprint density at radius 3 is 2.78 bits per heavy atom. The van der Waals surface area contributed by atoms with E-state index in [0.29, 0.717) is 29.1 Å². The van der Waals surface area contributed by atoms with Gasteiger partial charge in [-0.3, -0.25) is 14.2 Å². The molecule has 138 valence electrons. The van der Waals surface area contributed by atoms with Crippen LogP contribution in [0.25, 0.3) is 10.9 Å². The third kappa shape index (κ3) is 3.56. The van der Waals surface area contributed by atoms with Crippen LogP contribution >= 0.6 is 0 Å². The molecular formula is C21H21N3O3. The number of methoxy groups -OCH3 is 1. The van der Waals surface area contributed by atoms with Crippen LogP contribution in [0.5, 0.6) is 5.75 Å². The van der Waals surface area contributed by atoms with Crippen molar-refractivity contribution in [3.05, 3.63) is 64.2 Å². The highest BCUT2D eigenvalue weighted by Crippen LogP contribution is 2.39. The Morgan fingerprint density at radius 1 is 1.26 bits per heavy atom. The summed E-state index contributed by atoms with van der Waals surface area (Å²) in [5.41, 5.74) is 2.16. The van der Waals surface area contributed by atoms with E-state index >= 15 is 0 Å². The van der Waals surface area contributed by atoms with Gasteiger partial charge in [0.1, 0.15) is 11.6 Å². The van der Waals surface area contributed by atoms with Crippen LogP contribution in [0.4, 0.5) is 5.69 Å². The summed E-state index contributed by atoms with van der Waals surface area (Å²) in [5, 5.41) is 3.23. The minimum atomic E-state index is -0.173. The SMILES string of the molecule is COc1cccc(Cn2c(C3CC3)nc3ccc(NC(C)=O)cc3c2=O)c1. The number of ether oxygens (including phenoxy) is 1. The van der Waals surface area contributed by atoms with Crippen LogP contribution in [-0.2, 0) is 11.3 Å². The molecule has 6 nitrogen and oxygen atoms in total. The number of nitrogens with one attached hydrogen (secondary N) is 1. The first kappa shape index (κ1) is 17.3. The Hall–Kier alpha value is -3.15. The molecule has 0 saturated heterocycles. The molecule has 1 aliphatic rings. The Balaban J connectivity index is 1.83. The van der Waals surface area contributed by atoms with Crippen LogP contribution in [0, 0.1) is 0 Å². The maximum atomic E-state index is 13.3. The molecule has 0 radical (unpaired) electrons. The van der Waals surface area contributed by atoms with Crippen LogP contribution in [-0.4, -0.2) is 22.6 Å². The number of carbonyl (C=O) groups is 1. The Bertz CT molecular complexity index is 1080. The lowest BCUT2D eigenvalue weighted by molar-refractivity contribution is -0.114. The molecule has 1 amide bonds. The first-order valence-corrected chi connectivity index (χ1v) is 9.00. The average molecular weight is 363 g/mol. The number of fused-ring (bicyclic) bond motifs is 1. The molecule has 0 spiro atoms. The zero-order valence-electron chi connectivity index (χ0n) is 15.4. The Labute approximate surface area is 156 Å². The number of carbonyl (C=O) groups excluding carboxylic acids is 1. The van der Waals surface area contributed by atoms with E-state index in [-0.39, 0.29) is 11.5 Å². The van der Waals surface area contributed by atoms with Gasteiger partial charge in [0.25, 0.3) is 5.56 Å². The second-order valence-corrected chi connectivity index (χ2v) is 6.90. The van der Waals surface area contributed by atoms with E-state index in [1.54, 1.807) is 29.9 Å². The van der Waals surface area contributed by atoms with Gasteiger partial charge < -0.3 is 10.1 Å². The first-order chi connectivity index (χ1) is 13.0. The van der Waals surface area contributed by atoms with Gasteiger partial charge in [-0.1, -0.05) is 12.1 Å². The topological polar surface area (TPSA) is 73.2 Å². The van der Waals surface area contributed by atoms with Crippen LogP contribution in [0.15, 0.2) is 47.3 Å². The fourth-order valence-corrected chi connectivity index (χ4v) is 3.28. The van der Waals surface area contributed by atoms with Crippen molar-refractivity contribution in [2.24, 2.45) is 0 Å². The van der Waals surface area contributed by atoms with Gasteiger partial charge >= 0.3 is 0 Å². The van der Waals surface area contributed by atoms with Gasteiger partial charge in [0.15, 0.2) is 0 Å². The van der Waals surface area contributed by atoms with Crippen molar-refractivity contribution in [1.29, 1.82) is 0 Å². The Morgan fingerprint density at radius 2 is 2.07 bits per heavy atom. The van der Waals surface area contributed by atoms with Crippen molar-refractivity contribution >= 4 is 22.5 Å². The highest BCUT2D eigenvalue weighted by atomic mass is 16.5. The summed E-state index contributed by atoms with van der Waals surface area (Å²) in [6.45, 7) is 1.88. The van der Waals surface area contributed by atoms with E-state index in [0.717, 1.165) is 30.0 Å². The van der Waals surface area contributed by atoms with Gasteiger partial charge in [-0.15, -0.1) is 0 Å². The molecule has 1 N–H and O–H groups in total. The highest BCUT2D eigenvalue weighted by molar-refractivity contribution is 5.92. The molecule has 3 aromatic rings. The molecule has 0 bridgehead atoms. The zero-order chi connectivity index (χ0) is 19.0. The largest absolute Gasteiger partial charge is 0.497 e. The number of rotatable bonds is 5. The molecule has 1 aliphatic carbocycles. The van der Waals surface area contributed by atoms with Crippen LogP contribution in [0.2, 0.25) is 0 Å². The van der Waals surface area contributed by atoms with Crippen molar-refractivity contribution in [2.45, 2.75) is 32.2 Å². The molecule has 4 rings (SSSR count). The smallest absolute Gasteiger partial charge is 0.261 e. The summed E-state index contributed by atoms with van der Waals surface area (Å²) >= 11 is 0. The monoisotopic (exact) mass is 363 g/mol. The van der Waals surface area contributed by atoms with Crippen LogP contribution < -0.4 is 15.6 Å². The summed E-state index contributed by atoms with van der Waals surface area (Å²) in [7, 11) is 1.63. The van der Waals surface area contributed by atoms with E-state index in [4.69, 9.17) is 9.72 Å². The van der Waals surface area contributed by atoms with Crippen molar-refractivity contribution in [2.75, 3.05) is 12.4 Å². The van der Waals surface area contributed by atoms with Crippen molar-refractivity contribution in [3.8, 4) is 5.75 Å². The molecule has 6 heteroatoms. The predicted molar refractivity (Wildman–Crippen MR) is 104 cm³/mol. The minimum Gasteiger partial charge on any atom is -0.497 e. The summed E-state index contributed by atoms with van der Waals surface area (Å²) in [6, 6.07) is 13.0. The fourth-order valence-electron chi connectivity index (χ4n) is 3.28. The van der Waals surface area contributed by atoms with Gasteiger partial charge in [0.2, 0.25) is 5.91 Å². The number of hydrogen-bond acceptors (Lipinski definition) is 4. The second-order valence-electron chi connectivity index (χ2n) is 6.90. The lowest BCUT2D eigenvalue weighted by Gasteiger charge is -2.14. The van der Waals surface area contributed by atoms with Crippen LogP contribution in [0.3, 0.4) is 0 Å². The lowest BCUT2D eigenvalue weighted by atomic mass is 10.1. The molecule has 0 atom stereocenters. The molecular weight excluding hydrogens is 342 g/mol. The predicted octanol–water partition coefficient (Wildman–Crippen LogP) is 3.29. The van der Waals surface area contributed by atoms with Crippen molar-refractivity contribution < 1.29 is 9.53 Å². The van der Waals surface area contributed by atoms with Gasteiger partial charge in [-0.25, -0.2) is 4.98 Å². The zero-order valence-corrected chi connectivity index (χ0v) is 15.4. The standard InChI is InChI=1S/C21H21N3O3/c1-13(25)22-16-8-9-19-18(11-16)21(26)24(20(23-19)15-6-7-15)12-14-4-3-5-17(10-14)27-2/h3-5,8-11,15H,6-7,12H2,1-2H3,(H,22,25).